The number of hydrogen-bond acceptors (Lipinski definition) is 2. The molecule has 1 amide bonds. The fraction of sp³-hybridized carbons (Fsp3) is 0.923. The molecule has 0 saturated heterocycles. The third-order valence-electron chi connectivity index (χ3n) is 4.15. The van der Waals surface area contributed by atoms with E-state index < -0.39 is 0 Å². The first-order chi connectivity index (χ1) is 7.51. The number of carbonyl (C=O) groups is 1. The highest BCUT2D eigenvalue weighted by atomic mass is 16.1. The van der Waals surface area contributed by atoms with Gasteiger partial charge in [0.1, 0.15) is 0 Å². The van der Waals surface area contributed by atoms with Crippen LogP contribution in [0.4, 0.5) is 0 Å². The lowest BCUT2D eigenvalue weighted by Crippen LogP contribution is -2.43. The third kappa shape index (κ3) is 3.21. The van der Waals surface area contributed by atoms with Crippen LogP contribution in [-0.2, 0) is 4.79 Å². The Morgan fingerprint density at radius 2 is 1.88 bits per heavy atom. The van der Waals surface area contributed by atoms with Gasteiger partial charge in [-0.25, -0.2) is 0 Å². The van der Waals surface area contributed by atoms with Gasteiger partial charge in [-0.2, -0.15) is 0 Å². The van der Waals surface area contributed by atoms with E-state index in [-0.39, 0.29) is 17.2 Å². The van der Waals surface area contributed by atoms with Crippen molar-refractivity contribution in [3.63, 3.8) is 0 Å². The van der Waals surface area contributed by atoms with Crippen molar-refractivity contribution in [3.05, 3.63) is 0 Å². The summed E-state index contributed by atoms with van der Waals surface area (Å²) in [7, 11) is 0. The molecule has 1 rings (SSSR count). The van der Waals surface area contributed by atoms with Crippen LogP contribution in [-0.4, -0.2) is 19.0 Å². The number of rotatable bonds is 5. The molecule has 0 heterocycles. The standard InChI is InChI=1S/C13H26N2O/c1-10(2)11(3)12(16)15-9-13(8-14)6-4-5-7-13/h10-11H,4-9,14H2,1-3H3,(H,15,16). The molecule has 0 spiro atoms. The zero-order valence-corrected chi connectivity index (χ0v) is 10.9. The second kappa shape index (κ2) is 5.67. The summed E-state index contributed by atoms with van der Waals surface area (Å²) in [5, 5.41) is 3.08. The average Bonchev–Trinajstić information content (AvgIpc) is 2.74. The quantitative estimate of drug-likeness (QED) is 0.752. The van der Waals surface area contributed by atoms with Gasteiger partial charge in [-0.15, -0.1) is 0 Å². The van der Waals surface area contributed by atoms with Crippen molar-refractivity contribution in [1.82, 2.24) is 5.32 Å². The van der Waals surface area contributed by atoms with Crippen LogP contribution in [0.2, 0.25) is 0 Å². The molecule has 94 valence electrons. The Kier molecular flexibility index (Phi) is 4.78. The molecular formula is C13H26N2O. The van der Waals surface area contributed by atoms with E-state index in [1.54, 1.807) is 0 Å². The summed E-state index contributed by atoms with van der Waals surface area (Å²) in [4.78, 5) is 11.8. The van der Waals surface area contributed by atoms with Crippen molar-refractivity contribution < 1.29 is 4.79 Å². The smallest absolute Gasteiger partial charge is 0.223 e. The minimum atomic E-state index is 0.0937. The molecule has 0 aromatic carbocycles. The third-order valence-corrected chi connectivity index (χ3v) is 4.15. The maximum atomic E-state index is 11.8. The van der Waals surface area contributed by atoms with E-state index in [0.29, 0.717) is 12.5 Å². The van der Waals surface area contributed by atoms with E-state index in [1.165, 1.54) is 25.7 Å². The molecule has 3 N–H and O–H groups in total. The van der Waals surface area contributed by atoms with Crippen molar-refractivity contribution in [3.8, 4) is 0 Å². The topological polar surface area (TPSA) is 55.1 Å². The molecule has 1 aliphatic carbocycles. The summed E-state index contributed by atoms with van der Waals surface area (Å²) in [5.74, 6) is 0.670. The van der Waals surface area contributed by atoms with E-state index >= 15 is 0 Å². The largest absolute Gasteiger partial charge is 0.355 e. The number of nitrogens with one attached hydrogen (secondary N) is 1. The van der Waals surface area contributed by atoms with Gasteiger partial charge < -0.3 is 11.1 Å². The van der Waals surface area contributed by atoms with Gasteiger partial charge in [-0.3, -0.25) is 4.79 Å². The number of hydrogen-bond donors (Lipinski definition) is 2. The minimum Gasteiger partial charge on any atom is -0.355 e. The van der Waals surface area contributed by atoms with Crippen LogP contribution in [0.1, 0.15) is 46.5 Å². The van der Waals surface area contributed by atoms with Crippen molar-refractivity contribution in [2.24, 2.45) is 23.0 Å². The Balaban J connectivity index is 2.41. The molecule has 1 unspecified atom stereocenters. The Hall–Kier alpha value is -0.570. The molecule has 1 aliphatic rings. The highest BCUT2D eigenvalue weighted by Gasteiger charge is 2.33. The minimum absolute atomic E-state index is 0.0937. The zero-order chi connectivity index (χ0) is 12.2. The second-order valence-corrected chi connectivity index (χ2v) is 5.66. The van der Waals surface area contributed by atoms with Crippen molar-refractivity contribution in [1.29, 1.82) is 0 Å². The fourth-order valence-electron chi connectivity index (χ4n) is 2.32. The Morgan fingerprint density at radius 3 is 2.31 bits per heavy atom. The summed E-state index contributed by atoms with van der Waals surface area (Å²) in [6.07, 6.45) is 4.85. The van der Waals surface area contributed by atoms with Gasteiger partial charge in [0.2, 0.25) is 5.91 Å². The van der Waals surface area contributed by atoms with Gasteiger partial charge in [-0.1, -0.05) is 33.6 Å². The van der Waals surface area contributed by atoms with Crippen molar-refractivity contribution in [2.45, 2.75) is 46.5 Å². The number of nitrogens with two attached hydrogens (primary N) is 1. The first-order valence-corrected chi connectivity index (χ1v) is 6.48. The lowest BCUT2D eigenvalue weighted by Gasteiger charge is -2.28. The highest BCUT2D eigenvalue weighted by Crippen LogP contribution is 2.36. The monoisotopic (exact) mass is 226 g/mol. The molecule has 0 aromatic rings. The van der Waals surface area contributed by atoms with E-state index in [1.807, 2.05) is 6.92 Å². The van der Waals surface area contributed by atoms with Gasteiger partial charge in [0.05, 0.1) is 0 Å². The average molecular weight is 226 g/mol. The Bertz CT molecular complexity index is 232. The van der Waals surface area contributed by atoms with Crippen LogP contribution in [0.25, 0.3) is 0 Å². The normalized spacial score (nSPS) is 21.1. The number of carbonyl (C=O) groups excluding carboxylic acids is 1. The van der Waals surface area contributed by atoms with E-state index in [2.05, 4.69) is 19.2 Å². The molecule has 1 fully saturated rings. The van der Waals surface area contributed by atoms with Gasteiger partial charge in [0.15, 0.2) is 0 Å². The summed E-state index contributed by atoms with van der Waals surface area (Å²) in [6, 6.07) is 0. The Morgan fingerprint density at radius 1 is 1.31 bits per heavy atom. The SMILES string of the molecule is CC(C)C(C)C(=O)NCC1(CN)CCCC1. The maximum Gasteiger partial charge on any atom is 0.223 e. The summed E-state index contributed by atoms with van der Waals surface area (Å²) in [6.45, 7) is 7.61. The lowest BCUT2D eigenvalue weighted by atomic mass is 9.86. The molecule has 0 radical (unpaired) electrons. The molecule has 0 aliphatic heterocycles. The highest BCUT2D eigenvalue weighted by molar-refractivity contribution is 5.78. The van der Waals surface area contributed by atoms with Crippen LogP contribution in [0, 0.1) is 17.3 Å². The van der Waals surface area contributed by atoms with Gasteiger partial charge in [0, 0.05) is 12.5 Å². The van der Waals surface area contributed by atoms with Crippen LogP contribution in [0.3, 0.4) is 0 Å². The van der Waals surface area contributed by atoms with Gasteiger partial charge in [-0.05, 0) is 30.7 Å². The van der Waals surface area contributed by atoms with E-state index in [9.17, 15) is 4.79 Å². The Labute approximate surface area is 99.2 Å². The molecule has 1 atom stereocenters. The zero-order valence-electron chi connectivity index (χ0n) is 10.9. The van der Waals surface area contributed by atoms with Gasteiger partial charge in [0.25, 0.3) is 0 Å². The molecular weight excluding hydrogens is 200 g/mol. The van der Waals surface area contributed by atoms with Crippen LogP contribution in [0.5, 0.6) is 0 Å². The van der Waals surface area contributed by atoms with Crippen LogP contribution in [0.15, 0.2) is 0 Å². The molecule has 3 nitrogen and oxygen atoms in total. The molecule has 3 heteroatoms. The van der Waals surface area contributed by atoms with Crippen LogP contribution >= 0.6 is 0 Å². The van der Waals surface area contributed by atoms with Crippen molar-refractivity contribution >= 4 is 5.91 Å². The summed E-state index contributed by atoms with van der Waals surface area (Å²) < 4.78 is 0. The number of amides is 1. The lowest BCUT2D eigenvalue weighted by molar-refractivity contribution is -0.126. The maximum absolute atomic E-state index is 11.8. The molecule has 16 heavy (non-hydrogen) atoms. The first-order valence-electron chi connectivity index (χ1n) is 6.48. The molecule has 1 saturated carbocycles. The van der Waals surface area contributed by atoms with Crippen LogP contribution < -0.4 is 11.1 Å². The summed E-state index contributed by atoms with van der Waals surface area (Å²) in [5.41, 5.74) is 6.03. The fourth-order valence-corrected chi connectivity index (χ4v) is 2.32. The van der Waals surface area contributed by atoms with Crippen molar-refractivity contribution in [2.75, 3.05) is 13.1 Å². The first kappa shape index (κ1) is 13.5. The summed E-state index contributed by atoms with van der Waals surface area (Å²) >= 11 is 0. The molecule has 0 bridgehead atoms. The van der Waals surface area contributed by atoms with E-state index in [0.717, 1.165) is 6.54 Å². The predicted octanol–water partition coefficient (Wildman–Crippen LogP) is 1.91. The second-order valence-electron chi connectivity index (χ2n) is 5.66. The van der Waals surface area contributed by atoms with E-state index in [4.69, 9.17) is 5.73 Å². The van der Waals surface area contributed by atoms with Gasteiger partial charge >= 0.3 is 0 Å². The predicted molar refractivity (Wildman–Crippen MR) is 67.0 cm³/mol. The molecule has 0 aromatic heterocycles.